The number of amides is 1. The number of hydrogen-bond donors (Lipinski definition) is 2. The fourth-order valence-corrected chi connectivity index (χ4v) is 3.90. The van der Waals surface area contributed by atoms with Gasteiger partial charge < -0.3 is 24.6 Å². The highest BCUT2D eigenvalue weighted by molar-refractivity contribution is 5.96. The Hall–Kier alpha value is -5.11. The summed E-state index contributed by atoms with van der Waals surface area (Å²) in [5, 5.41) is 12.4. The molecule has 2 N–H and O–H groups in total. The zero-order valence-electron chi connectivity index (χ0n) is 21.9. The molecule has 0 radical (unpaired) electrons. The number of aliphatic carboxylic acids is 1. The van der Waals surface area contributed by atoms with Gasteiger partial charge in [0.2, 0.25) is 0 Å². The van der Waals surface area contributed by atoms with Gasteiger partial charge in [-0.2, -0.15) is 0 Å². The summed E-state index contributed by atoms with van der Waals surface area (Å²) in [6.45, 7) is 1.92. The van der Waals surface area contributed by atoms with Crippen LogP contribution in [0, 0.1) is 0 Å². The summed E-state index contributed by atoms with van der Waals surface area (Å²) < 4.78 is 17.1. The van der Waals surface area contributed by atoms with Crippen molar-refractivity contribution >= 4 is 17.8 Å². The molecule has 40 heavy (non-hydrogen) atoms. The van der Waals surface area contributed by atoms with Crippen molar-refractivity contribution in [2.75, 3.05) is 0 Å². The Kier molecular flexibility index (Phi) is 9.50. The quantitative estimate of drug-likeness (QED) is 0.188. The number of carbonyl (C=O) groups is 3. The first-order valence-corrected chi connectivity index (χ1v) is 12.7. The van der Waals surface area contributed by atoms with E-state index in [-0.39, 0.29) is 17.7 Å². The van der Waals surface area contributed by atoms with Gasteiger partial charge in [0.05, 0.1) is 0 Å². The van der Waals surface area contributed by atoms with Crippen molar-refractivity contribution in [1.82, 2.24) is 5.32 Å². The van der Waals surface area contributed by atoms with Gasteiger partial charge in [-0.25, -0.2) is 4.79 Å². The molecule has 204 valence electrons. The summed E-state index contributed by atoms with van der Waals surface area (Å²) >= 11 is 0. The van der Waals surface area contributed by atoms with Crippen molar-refractivity contribution in [2.24, 2.45) is 0 Å². The molecule has 4 aromatic carbocycles. The number of rotatable bonds is 12. The molecule has 8 nitrogen and oxygen atoms in total. The van der Waals surface area contributed by atoms with Gasteiger partial charge in [-0.05, 0) is 53.1 Å². The van der Waals surface area contributed by atoms with Crippen LogP contribution in [-0.4, -0.2) is 29.0 Å². The molecule has 0 spiro atoms. The zero-order valence-corrected chi connectivity index (χ0v) is 21.9. The summed E-state index contributed by atoms with van der Waals surface area (Å²) in [6, 6.07) is 29.3. The molecule has 0 bridgehead atoms. The Balaban J connectivity index is 1.49. The Bertz CT molecular complexity index is 1440. The molecule has 1 amide bonds. The van der Waals surface area contributed by atoms with Gasteiger partial charge in [0, 0.05) is 18.9 Å². The lowest BCUT2D eigenvalue weighted by molar-refractivity contribution is -0.139. The van der Waals surface area contributed by atoms with E-state index >= 15 is 0 Å². The molecule has 0 saturated carbocycles. The second-order valence-electron chi connectivity index (χ2n) is 9.02. The molecular weight excluding hydrogens is 510 g/mol. The minimum Gasteiger partial charge on any atom is -0.485 e. The molecule has 0 aliphatic rings. The van der Waals surface area contributed by atoms with Crippen LogP contribution in [-0.2, 0) is 29.2 Å². The first-order valence-electron chi connectivity index (χ1n) is 12.7. The molecule has 0 saturated heterocycles. The predicted molar refractivity (Wildman–Crippen MR) is 148 cm³/mol. The van der Waals surface area contributed by atoms with Crippen LogP contribution in [0.5, 0.6) is 17.2 Å². The molecule has 4 rings (SSSR count). The van der Waals surface area contributed by atoms with Crippen molar-refractivity contribution in [3.05, 3.63) is 125 Å². The van der Waals surface area contributed by atoms with Crippen LogP contribution in [0.2, 0.25) is 0 Å². The lowest BCUT2D eigenvalue weighted by Gasteiger charge is -2.18. The van der Waals surface area contributed by atoms with Gasteiger partial charge in [-0.15, -0.1) is 0 Å². The van der Waals surface area contributed by atoms with Crippen molar-refractivity contribution in [3.8, 4) is 17.2 Å². The van der Waals surface area contributed by atoms with E-state index in [1.165, 1.54) is 31.2 Å². The standard InChI is InChI=1S/C32H29NO7/c1-22(34)40-27-15-13-26(14-16-27)31(35)33-28(32(36)37)18-25-12-17-29(38-20-23-8-4-2-5-9-23)30(19-25)39-21-24-10-6-3-7-11-24/h2-17,19,28H,18,20-21H2,1H3,(H,33,35)(H,36,37)/t28-/m0/s1. The lowest BCUT2D eigenvalue weighted by Crippen LogP contribution is -2.42. The topological polar surface area (TPSA) is 111 Å². The van der Waals surface area contributed by atoms with Gasteiger partial charge >= 0.3 is 11.9 Å². The summed E-state index contributed by atoms with van der Waals surface area (Å²) in [4.78, 5) is 35.9. The SMILES string of the molecule is CC(=O)Oc1ccc(C(=O)N[C@@H](Cc2ccc(OCc3ccccc3)c(OCc3ccccc3)c2)C(=O)O)cc1. The molecular formula is C32H29NO7. The Morgan fingerprint density at radius 2 is 1.30 bits per heavy atom. The summed E-state index contributed by atoms with van der Waals surface area (Å²) in [5.74, 6) is -0.949. The van der Waals surface area contributed by atoms with Crippen LogP contribution in [0.3, 0.4) is 0 Å². The van der Waals surface area contributed by atoms with Crippen molar-refractivity contribution in [3.63, 3.8) is 0 Å². The van der Waals surface area contributed by atoms with Crippen LogP contribution in [0.4, 0.5) is 0 Å². The van der Waals surface area contributed by atoms with Crippen LogP contribution >= 0.6 is 0 Å². The van der Waals surface area contributed by atoms with Crippen molar-refractivity contribution < 1.29 is 33.7 Å². The molecule has 0 aromatic heterocycles. The third-order valence-electron chi connectivity index (χ3n) is 5.90. The van der Waals surface area contributed by atoms with E-state index in [9.17, 15) is 19.5 Å². The van der Waals surface area contributed by atoms with E-state index in [1.807, 2.05) is 60.7 Å². The van der Waals surface area contributed by atoms with Gasteiger partial charge in [0.15, 0.2) is 11.5 Å². The number of carboxylic acid groups (broad SMARTS) is 1. The smallest absolute Gasteiger partial charge is 0.326 e. The molecule has 0 fully saturated rings. The summed E-state index contributed by atoms with van der Waals surface area (Å²) in [7, 11) is 0. The molecule has 8 heteroatoms. The van der Waals surface area contributed by atoms with Gasteiger partial charge in [-0.1, -0.05) is 66.7 Å². The fraction of sp³-hybridized carbons (Fsp3) is 0.156. The molecule has 0 unspecified atom stereocenters. The van der Waals surface area contributed by atoms with E-state index in [2.05, 4.69) is 5.32 Å². The summed E-state index contributed by atoms with van der Waals surface area (Å²) in [6.07, 6.45) is 0.0211. The maximum Gasteiger partial charge on any atom is 0.326 e. The maximum atomic E-state index is 12.8. The molecule has 0 aliphatic heterocycles. The van der Waals surface area contributed by atoms with E-state index in [0.29, 0.717) is 30.3 Å². The van der Waals surface area contributed by atoms with Crippen LogP contribution in [0.15, 0.2) is 103 Å². The highest BCUT2D eigenvalue weighted by Crippen LogP contribution is 2.31. The van der Waals surface area contributed by atoms with Crippen LogP contribution < -0.4 is 19.5 Å². The van der Waals surface area contributed by atoms with Gasteiger partial charge in [0.1, 0.15) is 25.0 Å². The van der Waals surface area contributed by atoms with E-state index in [4.69, 9.17) is 14.2 Å². The highest BCUT2D eigenvalue weighted by atomic mass is 16.5. The summed E-state index contributed by atoms with van der Waals surface area (Å²) in [5.41, 5.74) is 2.85. The normalized spacial score (nSPS) is 11.2. The first-order chi connectivity index (χ1) is 19.4. The molecule has 0 heterocycles. The second-order valence-corrected chi connectivity index (χ2v) is 9.02. The first kappa shape index (κ1) is 27.9. The minimum atomic E-state index is -1.20. The van der Waals surface area contributed by atoms with E-state index in [0.717, 1.165) is 11.1 Å². The van der Waals surface area contributed by atoms with Gasteiger partial charge in [-0.3, -0.25) is 9.59 Å². The predicted octanol–water partition coefficient (Wildman–Crippen LogP) is 5.20. The number of esters is 1. The maximum absolute atomic E-state index is 12.8. The van der Waals surface area contributed by atoms with Crippen molar-refractivity contribution in [2.45, 2.75) is 32.6 Å². The number of ether oxygens (including phenoxy) is 3. The Labute approximate surface area is 232 Å². The fourth-order valence-electron chi connectivity index (χ4n) is 3.90. The van der Waals surface area contributed by atoms with Crippen LogP contribution in [0.25, 0.3) is 0 Å². The Morgan fingerprint density at radius 1 is 0.725 bits per heavy atom. The van der Waals surface area contributed by atoms with E-state index < -0.39 is 23.9 Å². The van der Waals surface area contributed by atoms with Crippen molar-refractivity contribution in [1.29, 1.82) is 0 Å². The third-order valence-corrected chi connectivity index (χ3v) is 5.90. The number of nitrogens with one attached hydrogen (secondary N) is 1. The number of hydrogen-bond acceptors (Lipinski definition) is 6. The molecule has 1 atom stereocenters. The number of carbonyl (C=O) groups excluding carboxylic acids is 2. The number of benzene rings is 4. The number of carboxylic acids is 1. The largest absolute Gasteiger partial charge is 0.485 e. The second kappa shape index (κ2) is 13.6. The third kappa shape index (κ3) is 8.19. The average Bonchev–Trinajstić information content (AvgIpc) is 2.96. The highest BCUT2D eigenvalue weighted by Gasteiger charge is 2.22. The van der Waals surface area contributed by atoms with E-state index in [1.54, 1.807) is 18.2 Å². The van der Waals surface area contributed by atoms with Crippen LogP contribution in [0.1, 0.15) is 34.0 Å². The molecule has 4 aromatic rings. The molecule has 0 aliphatic carbocycles. The zero-order chi connectivity index (χ0) is 28.3. The lowest BCUT2D eigenvalue weighted by atomic mass is 10.0. The average molecular weight is 540 g/mol. The minimum absolute atomic E-state index is 0.0211. The van der Waals surface area contributed by atoms with Gasteiger partial charge in [0.25, 0.3) is 5.91 Å². The monoisotopic (exact) mass is 539 g/mol. The Morgan fingerprint density at radius 3 is 1.85 bits per heavy atom.